The fourth-order valence-electron chi connectivity index (χ4n) is 13.1. The Kier molecular flexibility index (Phi) is 64.8. The molecule has 12 unspecified atom stereocenters. The largest absolute Gasteiger partial charge is 0.394 e. The monoisotopic (exact) mass is 2160 g/mol. The summed E-state index contributed by atoms with van der Waals surface area (Å²) in [6.45, 7) is -6.73. The minimum Gasteiger partial charge on any atom is -0.394 e. The summed E-state index contributed by atoms with van der Waals surface area (Å²) >= 11 is 0. The van der Waals surface area contributed by atoms with Crippen LogP contribution in [0, 0.1) is 0 Å². The third-order valence-corrected chi connectivity index (χ3v) is 22.3. The minimum atomic E-state index is -1.57. The van der Waals surface area contributed by atoms with E-state index in [0.717, 1.165) is 0 Å². The van der Waals surface area contributed by atoms with E-state index < -0.39 is 448 Å². The Labute approximate surface area is 809 Å². The second kappa shape index (κ2) is 67.0. The van der Waals surface area contributed by atoms with Crippen LogP contribution in [0.25, 0.3) is 0 Å². The van der Waals surface area contributed by atoms with Crippen LogP contribution < -0.4 is 0 Å². The number of aliphatic hydroxyl groups excluding tert-OH is 60. The Hall–Kier alpha value is -2.88. The molecule has 0 amide bonds. The first kappa shape index (κ1) is 139. The fourth-order valence-corrected chi connectivity index (χ4v) is 13.1. The molecule has 864 valence electrons. The molecule has 12 rings (SSSR count). The average molecular weight is 2160 g/mol. The molecule has 12 aliphatic rings. The molecule has 60 N–H and O–H groups in total. The maximum atomic E-state index is 9.12. The van der Waals surface area contributed by atoms with Crippen molar-refractivity contribution in [2.24, 2.45) is 0 Å². The maximum absolute atomic E-state index is 9.12. The number of hydrogen-bond acceptors (Lipinski definition) is 72. The highest BCUT2D eigenvalue weighted by Crippen LogP contribution is 2.31. The molecule has 0 aromatic carbocycles. The second-order valence-corrected chi connectivity index (χ2v) is 32.7. The molecular formula is C72H144O72. The molecule has 0 saturated carbocycles. The number of ether oxygens (including phenoxy) is 12. The Balaban J connectivity index is 0.000000785. The fraction of sp³-hybridized carbons (Fsp3) is 1.00. The quantitative estimate of drug-likeness (QED) is 0.0606. The van der Waals surface area contributed by atoms with Crippen LogP contribution in [0.4, 0.5) is 0 Å². The SMILES string of the molecule is OCC1O[C@@H](O)C(O)[C@@H](O)[C@@H]1O.OCC1O[C@@H](O)C(O)[C@H](O)[C@H]1O.OCC1O[C@@H](O)C(O)[C@H](O)[C@H]1O.OCC1O[C@H](O)C(O)[C@@H](O)[C@@H]1O.OCC1O[C@H](O)C(O)[C@H](O)[C@H]1O.OCC1O[C@H](O)C(O)[C@H](O)[C@H]1O.OC[C@H](O)[C@@H]1O[C@@H](O)[C@@H](O)[C@@H]1O.OC[C@H](O)[C@@H]1O[C@@H](O)[C@H](O)[C@@H]1O.OC[C@H](O)[C@@H]1O[C@H](O)[C@@H](O)[C@@H]1O.OC[C@H](O)[C@@H]1O[C@H](O)[C@H](O)[C@@H]1O.OC[C@H](O)[C@H]1O[C@@H](O)[C@H](O)[C@H]1O.OC[C@H](O)[C@H]1O[C@H](O)[C@H](O)[C@H]1O. The zero-order chi connectivity index (χ0) is 112. The molecule has 0 aliphatic carbocycles. The van der Waals surface area contributed by atoms with Gasteiger partial charge < -0.3 is 363 Å². The molecular weight excluding hydrogens is 2020 g/mol. The summed E-state index contributed by atoms with van der Waals surface area (Å²) in [6, 6.07) is 0. The molecule has 0 aromatic heterocycles. The Bertz CT molecular complexity index is 2720. The van der Waals surface area contributed by atoms with Gasteiger partial charge in [-0.05, 0) is 0 Å². The van der Waals surface area contributed by atoms with Gasteiger partial charge in [0, 0.05) is 0 Å². The first-order valence-electron chi connectivity index (χ1n) is 42.7. The third kappa shape index (κ3) is 38.9. The predicted octanol–water partition coefficient (Wildman–Crippen LogP) is -38.7. The van der Waals surface area contributed by atoms with E-state index in [1.807, 2.05) is 0 Å². The van der Waals surface area contributed by atoms with Crippen LogP contribution in [0.1, 0.15) is 0 Å². The van der Waals surface area contributed by atoms with Gasteiger partial charge >= 0.3 is 0 Å². The van der Waals surface area contributed by atoms with Crippen molar-refractivity contribution in [2.45, 2.75) is 368 Å². The van der Waals surface area contributed by atoms with Crippen molar-refractivity contribution in [3.8, 4) is 0 Å². The standard InChI is InChI=1S/12C6H12O6/c6*7-1-2(8)5-3(9)4(10)6(11)12-5;6*7-1-2-3(8)4(9)5(10)6(11)12-2/h12*2-11H,1H2/t2-,3+,4+,5+,6+;2-,3+,4+,5+,6-;2-,3-,4+,5-,6+;2-,3-,4+,5-,6-;2-,3-,4-,5-,6+;2-,3-,4-,5-,6-;3*2?,3-,4+,5?,6+;3*2?,3-,4+,5?,6-/m000000100100/s1. The van der Waals surface area contributed by atoms with Crippen LogP contribution >= 0.6 is 0 Å². The Morgan fingerprint density at radius 2 is 0.194 bits per heavy atom. The first-order chi connectivity index (χ1) is 66.9. The second-order valence-electron chi connectivity index (χ2n) is 32.7. The topological polar surface area (TPSA) is 1320 Å². The molecule has 144 heavy (non-hydrogen) atoms. The molecule has 12 aliphatic heterocycles. The highest BCUT2D eigenvalue weighted by Gasteiger charge is 2.54. The van der Waals surface area contributed by atoms with Gasteiger partial charge in [-0.15, -0.1) is 0 Å². The lowest BCUT2D eigenvalue weighted by molar-refractivity contribution is -0.286. The van der Waals surface area contributed by atoms with Crippen molar-refractivity contribution in [3.63, 3.8) is 0 Å². The minimum absolute atomic E-state index is 0.526. The normalized spacial score (nSPS) is 47.0. The molecule has 60 atom stereocenters. The number of hydrogen-bond donors (Lipinski definition) is 60. The first-order valence-corrected chi connectivity index (χ1v) is 42.7. The van der Waals surface area contributed by atoms with Gasteiger partial charge in [0.25, 0.3) is 0 Å². The Morgan fingerprint density at radius 1 is 0.111 bits per heavy atom. The lowest BCUT2D eigenvalue weighted by atomic mass is 10.00. The van der Waals surface area contributed by atoms with Crippen LogP contribution in [0.3, 0.4) is 0 Å². The van der Waals surface area contributed by atoms with Crippen molar-refractivity contribution in [2.75, 3.05) is 79.3 Å². The van der Waals surface area contributed by atoms with Gasteiger partial charge in [-0.3, -0.25) is 0 Å². The van der Waals surface area contributed by atoms with Gasteiger partial charge in [0.15, 0.2) is 75.5 Å². The molecule has 12 fully saturated rings. The molecule has 0 bridgehead atoms. The van der Waals surface area contributed by atoms with Gasteiger partial charge in [0.05, 0.1) is 79.3 Å². The summed E-state index contributed by atoms with van der Waals surface area (Å²) in [6.07, 6.45) is -82.8. The predicted molar refractivity (Wildman–Crippen MR) is 432 cm³/mol. The van der Waals surface area contributed by atoms with Crippen molar-refractivity contribution in [1.82, 2.24) is 0 Å². The van der Waals surface area contributed by atoms with Gasteiger partial charge in [-0.25, -0.2) is 0 Å². The highest BCUT2D eigenvalue weighted by molar-refractivity contribution is 4.98. The molecule has 0 spiro atoms. The van der Waals surface area contributed by atoms with Crippen molar-refractivity contribution >= 4 is 0 Å². The smallest absolute Gasteiger partial charge is 0.184 e. The van der Waals surface area contributed by atoms with Crippen LogP contribution in [-0.4, -0.2) is 754 Å². The molecule has 72 nitrogen and oxygen atoms in total. The summed E-state index contributed by atoms with van der Waals surface area (Å²) in [5.41, 5.74) is 0. The zero-order valence-corrected chi connectivity index (χ0v) is 74.9. The molecule has 72 heteroatoms. The van der Waals surface area contributed by atoms with E-state index >= 15 is 0 Å². The van der Waals surface area contributed by atoms with Gasteiger partial charge in [-0.1, -0.05) is 0 Å². The van der Waals surface area contributed by atoms with Crippen LogP contribution in [0.15, 0.2) is 0 Å². The summed E-state index contributed by atoms with van der Waals surface area (Å²) in [5, 5.41) is 535. The van der Waals surface area contributed by atoms with E-state index in [1.165, 1.54) is 0 Å². The van der Waals surface area contributed by atoms with E-state index in [9.17, 15) is 0 Å². The lowest BCUT2D eigenvalue weighted by Gasteiger charge is -2.37. The molecule has 12 saturated heterocycles. The van der Waals surface area contributed by atoms with Crippen molar-refractivity contribution in [3.05, 3.63) is 0 Å². The van der Waals surface area contributed by atoms with E-state index in [-0.39, 0.29) is 0 Å². The van der Waals surface area contributed by atoms with E-state index in [2.05, 4.69) is 56.8 Å². The van der Waals surface area contributed by atoms with Crippen molar-refractivity contribution in [1.29, 1.82) is 0 Å². The van der Waals surface area contributed by atoms with Crippen molar-refractivity contribution < 1.29 is 363 Å². The number of aliphatic hydroxyl groups is 60. The molecule has 12 heterocycles. The Morgan fingerprint density at radius 3 is 0.264 bits per heavy atom. The van der Waals surface area contributed by atoms with Crippen LogP contribution in [-0.2, 0) is 56.8 Å². The van der Waals surface area contributed by atoms with Crippen LogP contribution in [0.5, 0.6) is 0 Å². The lowest BCUT2D eigenvalue weighted by Crippen LogP contribution is -2.58. The number of rotatable bonds is 18. The zero-order valence-electron chi connectivity index (χ0n) is 74.9. The summed E-state index contributed by atoms with van der Waals surface area (Å²) in [5.74, 6) is 0. The van der Waals surface area contributed by atoms with Gasteiger partial charge in [-0.2, -0.15) is 0 Å². The molecule has 0 radical (unpaired) electrons. The van der Waals surface area contributed by atoms with E-state index in [4.69, 9.17) is 306 Å². The highest BCUT2D eigenvalue weighted by atomic mass is 16.7. The summed E-state index contributed by atoms with van der Waals surface area (Å²) < 4.78 is 55.0. The average Bonchev–Trinajstić information content (AvgIpc) is 1.78. The third-order valence-electron chi connectivity index (χ3n) is 22.3. The van der Waals surface area contributed by atoms with E-state index in [1.54, 1.807) is 0 Å². The van der Waals surface area contributed by atoms with Gasteiger partial charge in [0.1, 0.15) is 293 Å². The molecule has 0 aromatic rings. The van der Waals surface area contributed by atoms with E-state index in [0.29, 0.717) is 0 Å². The van der Waals surface area contributed by atoms with Crippen LogP contribution in [0.2, 0.25) is 0 Å². The van der Waals surface area contributed by atoms with Gasteiger partial charge in [0.2, 0.25) is 0 Å². The summed E-state index contributed by atoms with van der Waals surface area (Å²) in [4.78, 5) is 0. The summed E-state index contributed by atoms with van der Waals surface area (Å²) in [7, 11) is 0. The maximum Gasteiger partial charge on any atom is 0.184 e.